The van der Waals surface area contributed by atoms with Gasteiger partial charge in [-0.3, -0.25) is 13.9 Å². The molecule has 0 aromatic heterocycles. The van der Waals surface area contributed by atoms with Crippen LogP contribution in [-0.4, -0.2) is 43.3 Å². The van der Waals surface area contributed by atoms with Gasteiger partial charge >= 0.3 is 0 Å². The van der Waals surface area contributed by atoms with Gasteiger partial charge in [0.1, 0.15) is 18.4 Å². The summed E-state index contributed by atoms with van der Waals surface area (Å²) >= 11 is 0. The minimum Gasteiger partial charge on any atom is -0.350 e. The second-order valence-electron chi connectivity index (χ2n) is 11.9. The molecule has 236 valence electrons. The van der Waals surface area contributed by atoms with Crippen LogP contribution in [0.5, 0.6) is 0 Å². The highest BCUT2D eigenvalue weighted by Crippen LogP contribution is 2.28. The number of benzene rings is 4. The van der Waals surface area contributed by atoms with E-state index in [4.69, 9.17) is 0 Å². The minimum absolute atomic E-state index is 0.0389. The number of carbonyl (C=O) groups is 2. The average molecular weight is 630 g/mol. The molecule has 0 spiro atoms. The van der Waals surface area contributed by atoms with Gasteiger partial charge in [-0.1, -0.05) is 85.8 Å². The number of aryl methyl sites for hydroxylation is 1. The zero-order valence-corrected chi connectivity index (χ0v) is 26.9. The lowest BCUT2D eigenvalue weighted by atomic mass is 10.0. The van der Waals surface area contributed by atoms with E-state index in [2.05, 4.69) is 5.32 Å². The molecule has 0 aliphatic heterocycles. The topological polar surface area (TPSA) is 86.8 Å². The molecule has 1 atom stereocenters. The quantitative estimate of drug-likeness (QED) is 0.204. The van der Waals surface area contributed by atoms with Crippen molar-refractivity contribution >= 4 is 27.5 Å². The van der Waals surface area contributed by atoms with Crippen LogP contribution in [0.2, 0.25) is 0 Å². The lowest BCUT2D eigenvalue weighted by Crippen LogP contribution is -2.56. The van der Waals surface area contributed by atoms with E-state index in [1.165, 1.54) is 29.2 Å². The lowest BCUT2D eigenvalue weighted by Gasteiger charge is -2.35. The maximum Gasteiger partial charge on any atom is 0.264 e. The number of sulfonamides is 1. The number of rotatable bonds is 12. The zero-order chi connectivity index (χ0) is 32.6. The van der Waals surface area contributed by atoms with E-state index >= 15 is 0 Å². The van der Waals surface area contributed by atoms with E-state index in [1.54, 1.807) is 42.5 Å². The van der Waals surface area contributed by atoms with Crippen molar-refractivity contribution in [2.45, 2.75) is 63.6 Å². The molecule has 0 bridgehead atoms. The van der Waals surface area contributed by atoms with Gasteiger partial charge in [-0.05, 0) is 74.2 Å². The fraction of sp³-hybridized carbons (Fsp3) is 0.278. The molecule has 1 N–H and O–H groups in total. The smallest absolute Gasteiger partial charge is 0.264 e. The summed E-state index contributed by atoms with van der Waals surface area (Å²) in [7, 11) is -4.19. The molecule has 4 aromatic rings. The maximum absolute atomic E-state index is 14.5. The SMILES string of the molecule is CCc1ccccc1N(CC(=O)N(Cc1ccc(F)cc1)C(Cc1ccccc1)C(=O)NC(C)(C)C)S(=O)(=O)c1ccccc1. The number of nitrogens with one attached hydrogen (secondary N) is 1. The van der Waals surface area contributed by atoms with Gasteiger partial charge in [-0.2, -0.15) is 0 Å². The molecule has 1 unspecified atom stereocenters. The molecule has 4 rings (SSSR count). The lowest BCUT2D eigenvalue weighted by molar-refractivity contribution is -0.140. The second kappa shape index (κ2) is 14.5. The van der Waals surface area contributed by atoms with Crippen LogP contribution in [-0.2, 0) is 39.0 Å². The Morgan fingerprint density at radius 2 is 1.38 bits per heavy atom. The maximum atomic E-state index is 14.5. The van der Waals surface area contributed by atoms with Gasteiger partial charge in [0.2, 0.25) is 11.8 Å². The van der Waals surface area contributed by atoms with E-state index in [-0.39, 0.29) is 23.8 Å². The number of hydrogen-bond donors (Lipinski definition) is 1. The van der Waals surface area contributed by atoms with Crippen molar-refractivity contribution in [1.29, 1.82) is 0 Å². The van der Waals surface area contributed by atoms with Crippen LogP contribution in [0.1, 0.15) is 44.4 Å². The summed E-state index contributed by atoms with van der Waals surface area (Å²) in [6.07, 6.45) is 0.724. The van der Waals surface area contributed by atoms with Gasteiger partial charge in [0, 0.05) is 18.5 Å². The Morgan fingerprint density at radius 1 is 0.800 bits per heavy atom. The predicted molar refractivity (Wildman–Crippen MR) is 176 cm³/mol. The van der Waals surface area contributed by atoms with E-state index < -0.39 is 39.9 Å². The van der Waals surface area contributed by atoms with Crippen LogP contribution in [0.15, 0.2) is 114 Å². The van der Waals surface area contributed by atoms with Crippen LogP contribution < -0.4 is 9.62 Å². The fourth-order valence-electron chi connectivity index (χ4n) is 5.08. The van der Waals surface area contributed by atoms with Gasteiger partial charge in [0.05, 0.1) is 10.6 Å². The monoisotopic (exact) mass is 629 g/mol. The van der Waals surface area contributed by atoms with Crippen molar-refractivity contribution in [2.75, 3.05) is 10.8 Å². The molecule has 0 saturated heterocycles. The first-order valence-corrected chi connectivity index (χ1v) is 16.4. The molecule has 0 aliphatic carbocycles. The van der Waals surface area contributed by atoms with E-state index in [0.29, 0.717) is 17.7 Å². The van der Waals surface area contributed by atoms with Crippen molar-refractivity contribution < 1.29 is 22.4 Å². The largest absolute Gasteiger partial charge is 0.350 e. The first kappa shape index (κ1) is 33.4. The molecule has 0 fully saturated rings. The zero-order valence-electron chi connectivity index (χ0n) is 26.1. The highest BCUT2D eigenvalue weighted by molar-refractivity contribution is 7.92. The molecule has 9 heteroatoms. The Bertz CT molecular complexity index is 1690. The van der Waals surface area contributed by atoms with E-state index in [1.807, 2.05) is 70.2 Å². The standard InChI is InChI=1S/C36H40FN3O4S/c1-5-29-16-12-13-19-32(29)40(45(43,44)31-17-10-7-11-18-31)26-34(41)39(25-28-20-22-30(37)23-21-28)33(35(42)38-36(2,3)4)24-27-14-8-6-9-15-27/h6-23,33H,5,24-26H2,1-4H3,(H,38,42). The number of carbonyl (C=O) groups excluding carboxylic acids is 2. The summed E-state index contributed by atoms with van der Waals surface area (Å²) in [5.74, 6) is -1.39. The minimum atomic E-state index is -4.19. The first-order valence-electron chi connectivity index (χ1n) is 14.9. The first-order chi connectivity index (χ1) is 21.4. The summed E-state index contributed by atoms with van der Waals surface area (Å²) in [6.45, 7) is 6.89. The number of nitrogens with zero attached hydrogens (tertiary/aromatic N) is 2. The van der Waals surface area contributed by atoms with Crippen LogP contribution in [0.25, 0.3) is 0 Å². The van der Waals surface area contributed by atoms with Crippen molar-refractivity contribution in [3.8, 4) is 0 Å². The average Bonchev–Trinajstić information content (AvgIpc) is 3.02. The molecule has 0 heterocycles. The van der Waals surface area contributed by atoms with Gasteiger partial charge in [0.25, 0.3) is 10.0 Å². The Kier molecular flexibility index (Phi) is 10.8. The molecular weight excluding hydrogens is 589 g/mol. The third kappa shape index (κ3) is 8.79. The van der Waals surface area contributed by atoms with Gasteiger partial charge in [-0.15, -0.1) is 0 Å². The van der Waals surface area contributed by atoms with Crippen molar-refractivity contribution in [3.05, 3.63) is 132 Å². The molecule has 0 aliphatic rings. The Hall–Kier alpha value is -4.50. The van der Waals surface area contributed by atoms with Crippen molar-refractivity contribution in [3.63, 3.8) is 0 Å². The van der Waals surface area contributed by atoms with Crippen molar-refractivity contribution in [1.82, 2.24) is 10.2 Å². The summed E-state index contributed by atoms with van der Waals surface area (Å²) in [5.41, 5.74) is 1.96. The molecule has 2 amide bonds. The number of anilines is 1. The number of hydrogen-bond acceptors (Lipinski definition) is 4. The van der Waals surface area contributed by atoms with Crippen molar-refractivity contribution in [2.24, 2.45) is 0 Å². The molecule has 7 nitrogen and oxygen atoms in total. The van der Waals surface area contributed by atoms with Crippen LogP contribution >= 0.6 is 0 Å². The summed E-state index contributed by atoms with van der Waals surface area (Å²) in [4.78, 5) is 29.9. The van der Waals surface area contributed by atoms with E-state index in [9.17, 15) is 22.4 Å². The van der Waals surface area contributed by atoms with Crippen LogP contribution in [0, 0.1) is 5.82 Å². The Balaban J connectivity index is 1.83. The third-order valence-corrected chi connectivity index (χ3v) is 9.06. The van der Waals surface area contributed by atoms with Crippen LogP contribution in [0.4, 0.5) is 10.1 Å². The molecule has 0 saturated carbocycles. The van der Waals surface area contributed by atoms with Gasteiger partial charge < -0.3 is 10.2 Å². The highest BCUT2D eigenvalue weighted by atomic mass is 32.2. The summed E-state index contributed by atoms with van der Waals surface area (Å²) < 4.78 is 43.3. The Morgan fingerprint density at radius 3 is 1.98 bits per heavy atom. The second-order valence-corrected chi connectivity index (χ2v) is 13.8. The molecular formula is C36H40FN3O4S. The Labute approximate surface area is 265 Å². The molecule has 45 heavy (non-hydrogen) atoms. The highest BCUT2D eigenvalue weighted by Gasteiger charge is 2.36. The molecule has 4 aromatic carbocycles. The third-order valence-electron chi connectivity index (χ3n) is 7.29. The predicted octanol–water partition coefficient (Wildman–Crippen LogP) is 6.14. The fourth-order valence-corrected chi connectivity index (χ4v) is 6.55. The summed E-state index contributed by atoms with van der Waals surface area (Å²) in [6, 6.07) is 29.1. The normalized spacial score (nSPS) is 12.3. The number of para-hydroxylation sites is 1. The van der Waals surface area contributed by atoms with Crippen LogP contribution in [0.3, 0.4) is 0 Å². The molecule has 0 radical (unpaired) electrons. The summed E-state index contributed by atoms with van der Waals surface area (Å²) in [5, 5.41) is 3.00. The van der Waals surface area contributed by atoms with E-state index in [0.717, 1.165) is 15.4 Å². The van der Waals surface area contributed by atoms with Gasteiger partial charge in [-0.25, -0.2) is 12.8 Å². The number of halogens is 1. The number of amides is 2. The van der Waals surface area contributed by atoms with Gasteiger partial charge in [0.15, 0.2) is 0 Å².